The van der Waals surface area contributed by atoms with Crippen LogP contribution < -0.4 is 5.32 Å². The number of hydrogen-bond acceptors (Lipinski definition) is 4. The smallest absolute Gasteiger partial charge is 0.231 e. The molecule has 0 unspecified atom stereocenters. The lowest BCUT2D eigenvalue weighted by atomic mass is 10.1. The van der Waals surface area contributed by atoms with Crippen LogP contribution in [0.25, 0.3) is 11.4 Å². The standard InChI is InChI=1S/C12H13N3O/c1-2-4-9(5-3-1)11-14-12(16-15-11)10-6-7-13-8-10/h1-5,10,13H,6-8H2/t10-/m1/s1. The monoisotopic (exact) mass is 215 g/mol. The van der Waals surface area contributed by atoms with E-state index in [1.165, 1.54) is 0 Å². The lowest BCUT2D eigenvalue weighted by Gasteiger charge is -1.98. The number of nitrogens with zero attached hydrogens (tertiary/aromatic N) is 2. The molecule has 2 aromatic rings. The predicted molar refractivity (Wildman–Crippen MR) is 60.0 cm³/mol. The molecule has 3 rings (SSSR count). The highest BCUT2D eigenvalue weighted by Gasteiger charge is 2.22. The predicted octanol–water partition coefficient (Wildman–Crippen LogP) is 1.81. The molecule has 1 atom stereocenters. The van der Waals surface area contributed by atoms with E-state index >= 15 is 0 Å². The Morgan fingerprint density at radius 3 is 2.88 bits per heavy atom. The molecule has 0 spiro atoms. The second kappa shape index (κ2) is 4.06. The van der Waals surface area contributed by atoms with Crippen LogP contribution in [0.1, 0.15) is 18.2 Å². The van der Waals surface area contributed by atoms with Crippen molar-refractivity contribution in [3.63, 3.8) is 0 Å². The third-order valence-electron chi connectivity index (χ3n) is 2.88. The van der Waals surface area contributed by atoms with E-state index in [0.29, 0.717) is 11.7 Å². The highest BCUT2D eigenvalue weighted by atomic mass is 16.5. The van der Waals surface area contributed by atoms with E-state index in [-0.39, 0.29) is 0 Å². The van der Waals surface area contributed by atoms with E-state index in [1.54, 1.807) is 0 Å². The van der Waals surface area contributed by atoms with Crippen molar-refractivity contribution in [2.75, 3.05) is 13.1 Å². The van der Waals surface area contributed by atoms with Crippen molar-refractivity contribution in [2.45, 2.75) is 12.3 Å². The minimum Gasteiger partial charge on any atom is -0.339 e. The van der Waals surface area contributed by atoms with Crippen LogP contribution in [0.3, 0.4) is 0 Å². The van der Waals surface area contributed by atoms with Gasteiger partial charge in [-0.15, -0.1) is 0 Å². The minimum atomic E-state index is 0.380. The van der Waals surface area contributed by atoms with Gasteiger partial charge in [0.25, 0.3) is 0 Å². The summed E-state index contributed by atoms with van der Waals surface area (Å²) in [6.07, 6.45) is 1.08. The van der Waals surface area contributed by atoms with Gasteiger partial charge in [-0.05, 0) is 13.0 Å². The van der Waals surface area contributed by atoms with Gasteiger partial charge < -0.3 is 9.84 Å². The third-order valence-corrected chi connectivity index (χ3v) is 2.88. The Kier molecular flexibility index (Phi) is 2.42. The molecule has 1 aromatic heterocycles. The number of hydrogen-bond donors (Lipinski definition) is 1. The summed E-state index contributed by atoms with van der Waals surface area (Å²) in [4.78, 5) is 4.44. The van der Waals surface area contributed by atoms with Crippen molar-refractivity contribution < 1.29 is 4.52 Å². The largest absolute Gasteiger partial charge is 0.339 e. The number of nitrogens with one attached hydrogen (secondary N) is 1. The Bertz CT molecular complexity index is 460. The van der Waals surface area contributed by atoms with Gasteiger partial charge in [0.05, 0.1) is 5.92 Å². The Morgan fingerprint density at radius 1 is 1.25 bits per heavy atom. The van der Waals surface area contributed by atoms with E-state index in [2.05, 4.69) is 15.5 Å². The molecule has 0 aliphatic carbocycles. The lowest BCUT2D eigenvalue weighted by Crippen LogP contribution is -2.08. The highest BCUT2D eigenvalue weighted by molar-refractivity contribution is 5.53. The number of aromatic nitrogens is 2. The average molecular weight is 215 g/mol. The Balaban J connectivity index is 1.87. The summed E-state index contributed by atoms with van der Waals surface area (Å²) < 4.78 is 5.30. The first-order chi connectivity index (χ1) is 7.93. The van der Waals surface area contributed by atoms with Gasteiger partial charge in [0.1, 0.15) is 0 Å². The molecule has 2 heterocycles. The number of rotatable bonds is 2. The average Bonchev–Trinajstić information content (AvgIpc) is 3.01. The van der Waals surface area contributed by atoms with Crippen LogP contribution in [-0.4, -0.2) is 23.2 Å². The molecule has 0 radical (unpaired) electrons. The summed E-state index contributed by atoms with van der Waals surface area (Å²) in [5.41, 5.74) is 1.00. The summed E-state index contributed by atoms with van der Waals surface area (Å²) >= 11 is 0. The third kappa shape index (κ3) is 1.72. The van der Waals surface area contributed by atoms with Crippen molar-refractivity contribution >= 4 is 0 Å². The molecule has 16 heavy (non-hydrogen) atoms. The lowest BCUT2D eigenvalue weighted by molar-refractivity contribution is 0.359. The van der Waals surface area contributed by atoms with Gasteiger partial charge in [0.2, 0.25) is 11.7 Å². The maximum Gasteiger partial charge on any atom is 0.231 e. The van der Waals surface area contributed by atoms with Crippen molar-refractivity contribution in [3.05, 3.63) is 36.2 Å². The zero-order chi connectivity index (χ0) is 10.8. The quantitative estimate of drug-likeness (QED) is 0.830. The Morgan fingerprint density at radius 2 is 2.12 bits per heavy atom. The van der Waals surface area contributed by atoms with Crippen LogP contribution >= 0.6 is 0 Å². The van der Waals surface area contributed by atoms with Crippen molar-refractivity contribution in [2.24, 2.45) is 0 Å². The normalized spacial score (nSPS) is 20.1. The Hall–Kier alpha value is -1.68. The fraction of sp³-hybridized carbons (Fsp3) is 0.333. The fourth-order valence-corrected chi connectivity index (χ4v) is 1.97. The van der Waals surface area contributed by atoms with E-state index < -0.39 is 0 Å². The van der Waals surface area contributed by atoms with Crippen LogP contribution in [-0.2, 0) is 0 Å². The maximum atomic E-state index is 5.30. The molecule has 1 saturated heterocycles. The minimum absolute atomic E-state index is 0.380. The summed E-state index contributed by atoms with van der Waals surface area (Å²) in [5, 5.41) is 7.31. The second-order valence-corrected chi connectivity index (χ2v) is 4.01. The molecule has 1 fully saturated rings. The molecular formula is C12H13N3O. The van der Waals surface area contributed by atoms with E-state index in [4.69, 9.17) is 4.52 Å². The summed E-state index contributed by atoms with van der Waals surface area (Å²) in [7, 11) is 0. The van der Waals surface area contributed by atoms with Crippen LogP contribution in [0.2, 0.25) is 0 Å². The second-order valence-electron chi connectivity index (χ2n) is 4.01. The number of benzene rings is 1. The van der Waals surface area contributed by atoms with Gasteiger partial charge in [-0.1, -0.05) is 35.5 Å². The van der Waals surface area contributed by atoms with Crippen LogP contribution in [0.5, 0.6) is 0 Å². The van der Waals surface area contributed by atoms with Crippen LogP contribution in [0.4, 0.5) is 0 Å². The van der Waals surface area contributed by atoms with Gasteiger partial charge in [-0.25, -0.2) is 0 Å². The topological polar surface area (TPSA) is 51.0 Å². The van der Waals surface area contributed by atoms with Crippen molar-refractivity contribution in [1.82, 2.24) is 15.5 Å². The van der Waals surface area contributed by atoms with Crippen molar-refractivity contribution in [3.8, 4) is 11.4 Å². The first-order valence-corrected chi connectivity index (χ1v) is 5.53. The zero-order valence-electron chi connectivity index (χ0n) is 8.89. The Labute approximate surface area is 93.7 Å². The van der Waals surface area contributed by atoms with Gasteiger partial charge in [-0.3, -0.25) is 0 Å². The summed E-state index contributed by atoms with van der Waals surface area (Å²) in [6.45, 7) is 1.98. The molecule has 0 saturated carbocycles. The molecule has 82 valence electrons. The van der Waals surface area contributed by atoms with Crippen LogP contribution in [0, 0.1) is 0 Å². The first-order valence-electron chi connectivity index (χ1n) is 5.53. The van der Waals surface area contributed by atoms with Gasteiger partial charge in [0, 0.05) is 12.1 Å². The van der Waals surface area contributed by atoms with Gasteiger partial charge in [0.15, 0.2) is 0 Å². The molecule has 0 bridgehead atoms. The molecular weight excluding hydrogens is 202 g/mol. The van der Waals surface area contributed by atoms with Crippen molar-refractivity contribution in [1.29, 1.82) is 0 Å². The molecule has 1 aliphatic rings. The first kappa shape index (κ1) is 9.54. The van der Waals surface area contributed by atoms with Gasteiger partial charge in [-0.2, -0.15) is 4.98 Å². The molecule has 0 amide bonds. The maximum absolute atomic E-state index is 5.30. The van der Waals surface area contributed by atoms with Crippen LogP contribution in [0.15, 0.2) is 34.9 Å². The summed E-state index contributed by atoms with van der Waals surface area (Å²) in [5.74, 6) is 1.82. The van der Waals surface area contributed by atoms with Gasteiger partial charge >= 0.3 is 0 Å². The zero-order valence-corrected chi connectivity index (χ0v) is 8.89. The van der Waals surface area contributed by atoms with E-state index in [0.717, 1.165) is 31.0 Å². The molecule has 1 aromatic carbocycles. The summed E-state index contributed by atoms with van der Waals surface area (Å²) in [6, 6.07) is 9.90. The molecule has 1 aliphatic heterocycles. The van der Waals surface area contributed by atoms with E-state index in [1.807, 2.05) is 30.3 Å². The molecule has 1 N–H and O–H groups in total. The molecule has 4 heteroatoms. The van der Waals surface area contributed by atoms with E-state index in [9.17, 15) is 0 Å². The molecule has 4 nitrogen and oxygen atoms in total. The SMILES string of the molecule is c1ccc(-c2noc([C@@H]3CCNC3)n2)cc1. The fourth-order valence-electron chi connectivity index (χ4n) is 1.97. The highest BCUT2D eigenvalue weighted by Crippen LogP contribution is 2.23.